The molecule has 1 unspecified atom stereocenters. The first-order valence-corrected chi connectivity index (χ1v) is 6.99. The summed E-state index contributed by atoms with van der Waals surface area (Å²) in [6.07, 6.45) is 1.26. The number of carbonyl (C=O) groups excluding carboxylic acids is 2. The monoisotopic (exact) mass is 266 g/mol. The van der Waals surface area contributed by atoms with Gasteiger partial charge in [-0.1, -0.05) is 0 Å². The van der Waals surface area contributed by atoms with Crippen LogP contribution in [0.2, 0.25) is 0 Å². The Kier molecular flexibility index (Phi) is 4.01. The van der Waals surface area contributed by atoms with Gasteiger partial charge in [0.15, 0.2) is 0 Å². The molecule has 0 bridgehead atoms. The molecule has 0 radical (unpaired) electrons. The highest BCUT2D eigenvalue weighted by molar-refractivity contribution is 7.11. The van der Waals surface area contributed by atoms with Crippen molar-refractivity contribution in [2.75, 3.05) is 13.1 Å². The first kappa shape index (κ1) is 13.1. The predicted octanol–water partition coefficient (Wildman–Crippen LogP) is 1.34. The molecule has 1 N–H and O–H groups in total. The summed E-state index contributed by atoms with van der Waals surface area (Å²) >= 11 is 1.77. The lowest BCUT2D eigenvalue weighted by Crippen LogP contribution is -2.42. The summed E-state index contributed by atoms with van der Waals surface area (Å²) < 4.78 is 0. The van der Waals surface area contributed by atoms with Gasteiger partial charge in [-0.05, 0) is 26.0 Å². The van der Waals surface area contributed by atoms with Crippen LogP contribution in [0, 0.1) is 6.92 Å². The second kappa shape index (κ2) is 5.52. The standard InChI is InChI=1S/C13H18N2O2S/c1-9(7-11-4-3-10(2)18-11)15-6-5-12(16)14-8-13(15)17/h3-4,9H,5-8H2,1-2H3,(H,14,16). The Balaban J connectivity index is 2.00. The van der Waals surface area contributed by atoms with Crippen LogP contribution in [0.1, 0.15) is 23.1 Å². The lowest BCUT2D eigenvalue weighted by atomic mass is 10.1. The van der Waals surface area contributed by atoms with Crippen molar-refractivity contribution in [3.63, 3.8) is 0 Å². The van der Waals surface area contributed by atoms with Gasteiger partial charge in [0, 0.05) is 35.2 Å². The Bertz CT molecular complexity index is 456. The van der Waals surface area contributed by atoms with Crippen molar-refractivity contribution in [2.24, 2.45) is 0 Å². The van der Waals surface area contributed by atoms with Gasteiger partial charge >= 0.3 is 0 Å². The highest BCUT2D eigenvalue weighted by Crippen LogP contribution is 2.19. The van der Waals surface area contributed by atoms with E-state index in [0.717, 1.165) is 6.42 Å². The minimum atomic E-state index is -0.0370. The molecule has 98 valence electrons. The Labute approximate surface area is 111 Å². The van der Waals surface area contributed by atoms with Gasteiger partial charge in [-0.15, -0.1) is 11.3 Å². The van der Waals surface area contributed by atoms with Crippen LogP contribution in [0.4, 0.5) is 0 Å². The summed E-state index contributed by atoms with van der Waals surface area (Å²) in [7, 11) is 0. The highest BCUT2D eigenvalue weighted by atomic mass is 32.1. The molecule has 2 heterocycles. The van der Waals surface area contributed by atoms with Crippen molar-refractivity contribution in [1.82, 2.24) is 10.2 Å². The number of aryl methyl sites for hydroxylation is 1. The fourth-order valence-corrected chi connectivity index (χ4v) is 3.18. The number of thiophene rings is 1. The Hall–Kier alpha value is -1.36. The number of rotatable bonds is 3. The normalized spacial score (nSPS) is 18.4. The summed E-state index contributed by atoms with van der Waals surface area (Å²) in [5, 5.41) is 2.62. The van der Waals surface area contributed by atoms with Gasteiger partial charge in [0.1, 0.15) is 0 Å². The first-order chi connectivity index (χ1) is 8.56. The zero-order valence-electron chi connectivity index (χ0n) is 10.7. The molecule has 2 rings (SSSR count). The summed E-state index contributed by atoms with van der Waals surface area (Å²) in [5.74, 6) is -0.0216. The number of amides is 2. The van der Waals surface area contributed by atoms with E-state index >= 15 is 0 Å². The van der Waals surface area contributed by atoms with E-state index in [4.69, 9.17) is 0 Å². The molecule has 5 heteroatoms. The molecule has 0 aromatic carbocycles. The smallest absolute Gasteiger partial charge is 0.242 e. The second-order valence-corrected chi connectivity index (χ2v) is 6.05. The summed E-state index contributed by atoms with van der Waals surface area (Å²) in [4.78, 5) is 27.6. The Morgan fingerprint density at radius 2 is 2.22 bits per heavy atom. The number of hydrogen-bond acceptors (Lipinski definition) is 3. The van der Waals surface area contributed by atoms with Crippen molar-refractivity contribution in [1.29, 1.82) is 0 Å². The maximum Gasteiger partial charge on any atom is 0.242 e. The van der Waals surface area contributed by atoms with E-state index in [2.05, 4.69) is 24.4 Å². The SMILES string of the molecule is Cc1ccc(CC(C)N2CCC(=O)NCC2=O)s1. The fraction of sp³-hybridized carbons (Fsp3) is 0.538. The first-order valence-electron chi connectivity index (χ1n) is 6.18. The quantitative estimate of drug-likeness (QED) is 0.897. The number of nitrogens with zero attached hydrogens (tertiary/aromatic N) is 1. The van der Waals surface area contributed by atoms with Crippen LogP contribution in [0.25, 0.3) is 0 Å². The van der Waals surface area contributed by atoms with Gasteiger partial charge in [0.05, 0.1) is 6.54 Å². The van der Waals surface area contributed by atoms with Gasteiger partial charge in [-0.25, -0.2) is 0 Å². The molecular weight excluding hydrogens is 248 g/mol. The van der Waals surface area contributed by atoms with E-state index in [9.17, 15) is 9.59 Å². The fourth-order valence-electron chi connectivity index (χ4n) is 2.17. The summed E-state index contributed by atoms with van der Waals surface area (Å²) in [5.41, 5.74) is 0. The predicted molar refractivity (Wildman–Crippen MR) is 71.6 cm³/mol. The number of nitrogens with one attached hydrogen (secondary N) is 1. The van der Waals surface area contributed by atoms with Crippen molar-refractivity contribution in [3.05, 3.63) is 21.9 Å². The van der Waals surface area contributed by atoms with E-state index in [-0.39, 0.29) is 24.4 Å². The number of hydrogen-bond donors (Lipinski definition) is 1. The van der Waals surface area contributed by atoms with Gasteiger partial charge in [-0.2, -0.15) is 0 Å². The lowest BCUT2D eigenvalue weighted by Gasteiger charge is -2.27. The summed E-state index contributed by atoms with van der Waals surface area (Å²) in [6.45, 7) is 4.78. The highest BCUT2D eigenvalue weighted by Gasteiger charge is 2.24. The molecule has 1 aromatic rings. The maximum atomic E-state index is 11.9. The van der Waals surface area contributed by atoms with Crippen LogP contribution in [-0.4, -0.2) is 35.8 Å². The third-order valence-corrected chi connectivity index (χ3v) is 4.18. The van der Waals surface area contributed by atoms with Crippen LogP contribution in [0.5, 0.6) is 0 Å². The van der Waals surface area contributed by atoms with Gasteiger partial charge in [0.2, 0.25) is 11.8 Å². The minimum absolute atomic E-state index is 0.0154. The zero-order chi connectivity index (χ0) is 13.1. The van der Waals surface area contributed by atoms with E-state index in [1.807, 2.05) is 11.8 Å². The lowest BCUT2D eigenvalue weighted by molar-refractivity contribution is -0.131. The largest absolute Gasteiger partial charge is 0.347 e. The number of carbonyl (C=O) groups is 2. The van der Waals surface area contributed by atoms with Crippen molar-refractivity contribution < 1.29 is 9.59 Å². The third kappa shape index (κ3) is 3.10. The van der Waals surface area contributed by atoms with Gasteiger partial charge in [-0.3, -0.25) is 9.59 Å². The van der Waals surface area contributed by atoms with Crippen LogP contribution < -0.4 is 5.32 Å². The molecule has 1 aromatic heterocycles. The van der Waals surface area contributed by atoms with Gasteiger partial charge in [0.25, 0.3) is 0 Å². The molecule has 4 nitrogen and oxygen atoms in total. The molecule has 2 amide bonds. The molecule has 0 saturated carbocycles. The molecule has 1 atom stereocenters. The van der Waals surface area contributed by atoms with Gasteiger partial charge < -0.3 is 10.2 Å². The third-order valence-electron chi connectivity index (χ3n) is 3.16. The van der Waals surface area contributed by atoms with Crippen LogP contribution >= 0.6 is 11.3 Å². The molecule has 1 fully saturated rings. The summed E-state index contributed by atoms with van der Waals surface area (Å²) in [6, 6.07) is 4.35. The minimum Gasteiger partial charge on any atom is -0.347 e. The van der Waals surface area contributed by atoms with E-state index in [1.165, 1.54) is 9.75 Å². The average Bonchev–Trinajstić information content (AvgIpc) is 2.63. The Morgan fingerprint density at radius 1 is 1.44 bits per heavy atom. The van der Waals surface area contributed by atoms with Crippen LogP contribution in [0.15, 0.2) is 12.1 Å². The molecule has 1 aliphatic heterocycles. The zero-order valence-corrected chi connectivity index (χ0v) is 11.5. The van der Waals surface area contributed by atoms with E-state index < -0.39 is 0 Å². The average molecular weight is 266 g/mol. The molecule has 0 spiro atoms. The molecule has 1 saturated heterocycles. The molecule has 1 aliphatic rings. The van der Waals surface area contributed by atoms with Crippen molar-refractivity contribution >= 4 is 23.2 Å². The maximum absolute atomic E-state index is 11.9. The van der Waals surface area contributed by atoms with Crippen LogP contribution in [-0.2, 0) is 16.0 Å². The van der Waals surface area contributed by atoms with Crippen molar-refractivity contribution in [2.45, 2.75) is 32.7 Å². The molecule has 0 aliphatic carbocycles. The van der Waals surface area contributed by atoms with E-state index in [1.54, 1.807) is 11.3 Å². The molecular formula is C13H18N2O2S. The topological polar surface area (TPSA) is 49.4 Å². The van der Waals surface area contributed by atoms with Crippen LogP contribution in [0.3, 0.4) is 0 Å². The molecule has 18 heavy (non-hydrogen) atoms. The second-order valence-electron chi connectivity index (χ2n) is 4.68. The Morgan fingerprint density at radius 3 is 2.89 bits per heavy atom. The van der Waals surface area contributed by atoms with E-state index in [0.29, 0.717) is 13.0 Å². The van der Waals surface area contributed by atoms with Crippen molar-refractivity contribution in [3.8, 4) is 0 Å².